The van der Waals surface area contributed by atoms with E-state index in [4.69, 9.17) is 16.3 Å². The second-order valence-corrected chi connectivity index (χ2v) is 4.55. The van der Waals surface area contributed by atoms with Crippen LogP contribution in [0.1, 0.15) is 22.1 Å². The molecule has 2 heterocycles. The molecule has 0 N–H and O–H groups in total. The van der Waals surface area contributed by atoms with Gasteiger partial charge in [-0.1, -0.05) is 12.1 Å². The first-order valence-corrected chi connectivity index (χ1v) is 6.08. The lowest BCUT2D eigenvalue weighted by atomic mass is 10.0. The molecule has 2 aromatic rings. The maximum Gasteiger partial charge on any atom is 0.122 e. The zero-order chi connectivity index (χ0) is 11.7. The lowest BCUT2D eigenvalue weighted by Crippen LogP contribution is -1.94. The largest absolute Gasteiger partial charge is 0.493 e. The second kappa shape index (κ2) is 4.38. The van der Waals surface area contributed by atoms with Gasteiger partial charge in [-0.25, -0.2) is 0 Å². The van der Waals surface area contributed by atoms with Crippen molar-refractivity contribution in [1.82, 2.24) is 4.98 Å². The summed E-state index contributed by atoms with van der Waals surface area (Å²) in [6, 6.07) is 10.1. The van der Waals surface area contributed by atoms with Crippen LogP contribution in [0.5, 0.6) is 5.75 Å². The molecule has 3 rings (SSSR count). The Morgan fingerprint density at radius 2 is 1.94 bits per heavy atom. The van der Waals surface area contributed by atoms with Crippen molar-refractivity contribution in [2.75, 3.05) is 6.61 Å². The van der Waals surface area contributed by atoms with Gasteiger partial charge in [-0.2, -0.15) is 0 Å². The molecule has 0 bridgehead atoms. The molecule has 0 amide bonds. The van der Waals surface area contributed by atoms with E-state index in [0.717, 1.165) is 29.9 Å². The maximum atomic E-state index is 6.46. The first kappa shape index (κ1) is 10.6. The van der Waals surface area contributed by atoms with Crippen molar-refractivity contribution in [2.45, 2.75) is 11.8 Å². The molecule has 1 unspecified atom stereocenters. The van der Waals surface area contributed by atoms with Crippen LogP contribution in [0.2, 0.25) is 0 Å². The van der Waals surface area contributed by atoms with Crippen LogP contribution in [0.4, 0.5) is 0 Å². The van der Waals surface area contributed by atoms with E-state index in [1.54, 1.807) is 12.4 Å². The van der Waals surface area contributed by atoms with Crippen molar-refractivity contribution in [3.05, 3.63) is 59.4 Å². The summed E-state index contributed by atoms with van der Waals surface area (Å²) in [5, 5.41) is -0.121. The number of nitrogens with zero attached hydrogens (tertiary/aromatic N) is 1. The number of hydrogen-bond acceptors (Lipinski definition) is 2. The maximum absolute atomic E-state index is 6.46. The molecule has 1 aliphatic rings. The number of halogens is 1. The number of fused-ring (bicyclic) bond motifs is 1. The number of benzene rings is 1. The second-order valence-electron chi connectivity index (χ2n) is 4.11. The van der Waals surface area contributed by atoms with Crippen LogP contribution in [-0.2, 0) is 6.42 Å². The van der Waals surface area contributed by atoms with Gasteiger partial charge in [-0.3, -0.25) is 4.98 Å². The lowest BCUT2D eigenvalue weighted by Gasteiger charge is -2.11. The number of alkyl halides is 1. The minimum Gasteiger partial charge on any atom is -0.493 e. The van der Waals surface area contributed by atoms with Crippen LogP contribution in [0, 0.1) is 0 Å². The van der Waals surface area contributed by atoms with Gasteiger partial charge in [0.1, 0.15) is 5.75 Å². The molecule has 17 heavy (non-hydrogen) atoms. The van der Waals surface area contributed by atoms with Crippen molar-refractivity contribution in [3.63, 3.8) is 0 Å². The van der Waals surface area contributed by atoms with Crippen molar-refractivity contribution in [2.24, 2.45) is 0 Å². The van der Waals surface area contributed by atoms with E-state index in [9.17, 15) is 0 Å². The predicted molar refractivity (Wildman–Crippen MR) is 67.6 cm³/mol. The summed E-state index contributed by atoms with van der Waals surface area (Å²) in [6.07, 6.45) is 4.51. The Hall–Kier alpha value is -1.54. The van der Waals surface area contributed by atoms with E-state index in [2.05, 4.69) is 11.1 Å². The van der Waals surface area contributed by atoms with Crippen LogP contribution >= 0.6 is 11.6 Å². The first-order valence-electron chi connectivity index (χ1n) is 5.64. The molecule has 1 aromatic carbocycles. The Morgan fingerprint density at radius 1 is 1.12 bits per heavy atom. The molecular formula is C14H12ClNO. The normalized spacial score (nSPS) is 15.1. The van der Waals surface area contributed by atoms with E-state index in [1.165, 1.54) is 5.56 Å². The van der Waals surface area contributed by atoms with Gasteiger partial charge in [0, 0.05) is 18.8 Å². The highest BCUT2D eigenvalue weighted by Crippen LogP contribution is 2.33. The Morgan fingerprint density at radius 3 is 2.76 bits per heavy atom. The summed E-state index contributed by atoms with van der Waals surface area (Å²) in [6.45, 7) is 0.779. The van der Waals surface area contributed by atoms with Crippen molar-refractivity contribution in [3.8, 4) is 5.75 Å². The molecule has 2 nitrogen and oxygen atoms in total. The zero-order valence-corrected chi connectivity index (χ0v) is 10.0. The quantitative estimate of drug-likeness (QED) is 0.757. The van der Waals surface area contributed by atoms with Crippen molar-refractivity contribution in [1.29, 1.82) is 0 Å². The third-order valence-corrected chi connectivity index (χ3v) is 3.51. The Bertz CT molecular complexity index is 527. The van der Waals surface area contributed by atoms with Crippen LogP contribution in [-0.4, -0.2) is 11.6 Å². The number of ether oxygens (including phenoxy) is 1. The Labute approximate surface area is 105 Å². The zero-order valence-electron chi connectivity index (χ0n) is 9.27. The third-order valence-electron chi connectivity index (χ3n) is 3.00. The van der Waals surface area contributed by atoms with Gasteiger partial charge in [0.2, 0.25) is 0 Å². The Kier molecular flexibility index (Phi) is 2.73. The van der Waals surface area contributed by atoms with Gasteiger partial charge < -0.3 is 4.74 Å². The summed E-state index contributed by atoms with van der Waals surface area (Å²) in [7, 11) is 0. The molecule has 0 aliphatic carbocycles. The van der Waals surface area contributed by atoms with Gasteiger partial charge in [-0.05, 0) is 34.9 Å². The fourth-order valence-corrected chi connectivity index (χ4v) is 2.37. The van der Waals surface area contributed by atoms with Gasteiger partial charge in [0.15, 0.2) is 0 Å². The van der Waals surface area contributed by atoms with E-state index in [-0.39, 0.29) is 5.38 Å². The van der Waals surface area contributed by atoms with Gasteiger partial charge >= 0.3 is 0 Å². The van der Waals surface area contributed by atoms with E-state index >= 15 is 0 Å². The molecule has 0 saturated carbocycles. The van der Waals surface area contributed by atoms with E-state index in [0.29, 0.717) is 0 Å². The van der Waals surface area contributed by atoms with Gasteiger partial charge in [0.25, 0.3) is 0 Å². The van der Waals surface area contributed by atoms with Crippen LogP contribution in [0.15, 0.2) is 42.7 Å². The van der Waals surface area contributed by atoms with Gasteiger partial charge in [-0.15, -0.1) is 11.6 Å². The molecule has 3 heteroatoms. The minimum atomic E-state index is -0.121. The highest BCUT2D eigenvalue weighted by atomic mass is 35.5. The summed E-state index contributed by atoms with van der Waals surface area (Å²) in [4.78, 5) is 4.00. The van der Waals surface area contributed by atoms with Crippen LogP contribution in [0.3, 0.4) is 0 Å². The van der Waals surface area contributed by atoms with Crippen molar-refractivity contribution >= 4 is 11.6 Å². The van der Waals surface area contributed by atoms with E-state index in [1.807, 2.05) is 24.3 Å². The lowest BCUT2D eigenvalue weighted by molar-refractivity contribution is 0.357. The molecule has 0 fully saturated rings. The fourth-order valence-electron chi connectivity index (χ4n) is 2.09. The summed E-state index contributed by atoms with van der Waals surface area (Å²) < 4.78 is 5.49. The summed E-state index contributed by atoms with van der Waals surface area (Å²) in [5.74, 6) is 0.993. The molecule has 1 atom stereocenters. The molecule has 1 aromatic heterocycles. The topological polar surface area (TPSA) is 22.1 Å². The average molecular weight is 246 g/mol. The van der Waals surface area contributed by atoms with Crippen LogP contribution < -0.4 is 4.74 Å². The predicted octanol–water partition coefficient (Wildman–Crippen LogP) is 3.34. The van der Waals surface area contributed by atoms with E-state index < -0.39 is 0 Å². The number of rotatable bonds is 2. The highest BCUT2D eigenvalue weighted by molar-refractivity contribution is 6.22. The highest BCUT2D eigenvalue weighted by Gasteiger charge is 2.16. The average Bonchev–Trinajstić information content (AvgIpc) is 2.86. The number of aromatic nitrogens is 1. The fraction of sp³-hybridized carbons (Fsp3) is 0.214. The number of pyridine rings is 1. The SMILES string of the molecule is ClC(c1ccncc1)c1ccc2c(c1)CCO2. The van der Waals surface area contributed by atoms with Gasteiger partial charge in [0.05, 0.1) is 12.0 Å². The summed E-state index contributed by atoms with van der Waals surface area (Å²) in [5.41, 5.74) is 3.44. The third kappa shape index (κ3) is 2.01. The molecule has 0 saturated heterocycles. The molecule has 0 spiro atoms. The summed E-state index contributed by atoms with van der Waals surface area (Å²) >= 11 is 6.46. The smallest absolute Gasteiger partial charge is 0.122 e. The molecule has 1 aliphatic heterocycles. The number of hydrogen-bond donors (Lipinski definition) is 0. The molecule has 0 radical (unpaired) electrons. The van der Waals surface area contributed by atoms with Crippen molar-refractivity contribution < 1.29 is 4.74 Å². The Balaban J connectivity index is 1.94. The molecular weight excluding hydrogens is 234 g/mol. The van der Waals surface area contributed by atoms with Crippen LogP contribution in [0.25, 0.3) is 0 Å². The first-order chi connectivity index (χ1) is 8.34. The minimum absolute atomic E-state index is 0.121. The molecule has 86 valence electrons. The standard InChI is InChI=1S/C14H12ClNO/c15-14(10-3-6-16-7-4-10)12-1-2-13-11(9-12)5-8-17-13/h1-4,6-7,9,14H,5,8H2. The monoisotopic (exact) mass is 245 g/mol.